The Hall–Kier alpha value is -0.0800. The monoisotopic (exact) mass is 184 g/mol. The predicted octanol–water partition coefficient (Wildman–Crippen LogP) is 1.71. The van der Waals surface area contributed by atoms with Crippen molar-refractivity contribution >= 4 is 0 Å². The van der Waals surface area contributed by atoms with Crippen molar-refractivity contribution in [2.45, 2.75) is 46.7 Å². The number of nitrogens with one attached hydrogen (secondary N) is 1. The highest BCUT2D eigenvalue weighted by Gasteiger charge is 2.24. The fraction of sp³-hybridized carbons (Fsp3) is 1.00. The summed E-state index contributed by atoms with van der Waals surface area (Å²) in [6.07, 6.45) is 0. The zero-order chi connectivity index (χ0) is 10.1. The number of hydrogen-bond donors (Lipinski definition) is 1. The van der Waals surface area contributed by atoms with Gasteiger partial charge in [-0.2, -0.15) is 0 Å². The second-order valence-electron chi connectivity index (χ2n) is 5.72. The highest BCUT2D eigenvalue weighted by molar-refractivity contribution is 4.83. The van der Waals surface area contributed by atoms with Crippen molar-refractivity contribution < 1.29 is 0 Å². The smallest absolute Gasteiger partial charge is 0.0169 e. The lowest BCUT2D eigenvalue weighted by Crippen LogP contribution is -2.55. The molecule has 1 N–H and O–H groups in total. The Morgan fingerprint density at radius 1 is 1.15 bits per heavy atom. The third kappa shape index (κ3) is 4.10. The van der Waals surface area contributed by atoms with Gasteiger partial charge in [0.25, 0.3) is 0 Å². The zero-order valence-corrected chi connectivity index (χ0v) is 9.72. The molecule has 0 radical (unpaired) electrons. The molecular weight excluding hydrogens is 160 g/mol. The van der Waals surface area contributed by atoms with E-state index >= 15 is 0 Å². The summed E-state index contributed by atoms with van der Waals surface area (Å²) in [5.74, 6) is 0. The molecule has 2 nitrogen and oxygen atoms in total. The van der Waals surface area contributed by atoms with Gasteiger partial charge in [0.05, 0.1) is 0 Å². The first-order chi connectivity index (χ1) is 5.87. The third-order valence-corrected chi connectivity index (χ3v) is 2.33. The standard InChI is InChI=1S/C11H24N2/c1-9-6-13(7-10(2)12-9)8-11(3,4)5/h9-10,12H,6-8H2,1-5H3. The summed E-state index contributed by atoms with van der Waals surface area (Å²) >= 11 is 0. The fourth-order valence-corrected chi connectivity index (χ4v) is 2.24. The summed E-state index contributed by atoms with van der Waals surface area (Å²) in [6, 6.07) is 1.29. The quantitative estimate of drug-likeness (QED) is 0.667. The second kappa shape index (κ2) is 3.97. The molecule has 0 aromatic carbocycles. The van der Waals surface area contributed by atoms with E-state index in [2.05, 4.69) is 44.8 Å². The van der Waals surface area contributed by atoms with Crippen LogP contribution >= 0.6 is 0 Å². The van der Waals surface area contributed by atoms with Crippen LogP contribution in [-0.4, -0.2) is 36.6 Å². The van der Waals surface area contributed by atoms with Crippen molar-refractivity contribution in [1.82, 2.24) is 10.2 Å². The van der Waals surface area contributed by atoms with Gasteiger partial charge in [-0.25, -0.2) is 0 Å². The summed E-state index contributed by atoms with van der Waals surface area (Å²) in [4.78, 5) is 2.58. The van der Waals surface area contributed by atoms with Gasteiger partial charge < -0.3 is 5.32 Å². The van der Waals surface area contributed by atoms with E-state index in [1.54, 1.807) is 0 Å². The van der Waals surface area contributed by atoms with Gasteiger partial charge >= 0.3 is 0 Å². The summed E-state index contributed by atoms with van der Waals surface area (Å²) in [5, 5.41) is 3.55. The Morgan fingerprint density at radius 3 is 2.00 bits per heavy atom. The summed E-state index contributed by atoms with van der Waals surface area (Å²) in [6.45, 7) is 15.1. The van der Waals surface area contributed by atoms with Crippen molar-refractivity contribution in [3.63, 3.8) is 0 Å². The molecule has 2 heteroatoms. The molecule has 1 aliphatic heterocycles. The SMILES string of the molecule is CC1CN(CC(C)(C)C)CC(C)N1. The number of nitrogens with zero attached hydrogens (tertiary/aromatic N) is 1. The van der Waals surface area contributed by atoms with Crippen LogP contribution in [0.1, 0.15) is 34.6 Å². The topological polar surface area (TPSA) is 15.3 Å². The van der Waals surface area contributed by atoms with Gasteiger partial charge in [0.1, 0.15) is 0 Å². The summed E-state index contributed by atoms with van der Waals surface area (Å²) in [5.41, 5.74) is 0.427. The van der Waals surface area contributed by atoms with Crippen LogP contribution in [0.3, 0.4) is 0 Å². The van der Waals surface area contributed by atoms with E-state index in [1.807, 2.05) is 0 Å². The largest absolute Gasteiger partial charge is 0.309 e. The van der Waals surface area contributed by atoms with E-state index < -0.39 is 0 Å². The molecule has 0 bridgehead atoms. The van der Waals surface area contributed by atoms with Crippen molar-refractivity contribution in [1.29, 1.82) is 0 Å². The van der Waals surface area contributed by atoms with E-state index in [9.17, 15) is 0 Å². The number of hydrogen-bond acceptors (Lipinski definition) is 2. The van der Waals surface area contributed by atoms with Crippen LogP contribution in [0.2, 0.25) is 0 Å². The van der Waals surface area contributed by atoms with E-state index in [1.165, 1.54) is 19.6 Å². The highest BCUT2D eigenvalue weighted by atomic mass is 15.2. The molecule has 13 heavy (non-hydrogen) atoms. The maximum Gasteiger partial charge on any atom is 0.0169 e. The van der Waals surface area contributed by atoms with Gasteiger partial charge in [-0.1, -0.05) is 20.8 Å². The van der Waals surface area contributed by atoms with Crippen molar-refractivity contribution in [2.24, 2.45) is 5.41 Å². The van der Waals surface area contributed by atoms with Crippen molar-refractivity contribution in [3.05, 3.63) is 0 Å². The maximum atomic E-state index is 3.55. The van der Waals surface area contributed by atoms with Crippen LogP contribution in [0.15, 0.2) is 0 Å². The minimum Gasteiger partial charge on any atom is -0.309 e. The first-order valence-corrected chi connectivity index (χ1v) is 5.35. The van der Waals surface area contributed by atoms with Crippen molar-refractivity contribution in [2.75, 3.05) is 19.6 Å². The molecule has 2 unspecified atom stereocenters. The molecule has 1 fully saturated rings. The van der Waals surface area contributed by atoms with E-state index in [4.69, 9.17) is 0 Å². The van der Waals surface area contributed by atoms with Crippen LogP contribution in [0.4, 0.5) is 0 Å². The lowest BCUT2D eigenvalue weighted by Gasteiger charge is -2.39. The fourth-order valence-electron chi connectivity index (χ4n) is 2.24. The van der Waals surface area contributed by atoms with Gasteiger partial charge in [0.2, 0.25) is 0 Å². The molecule has 1 heterocycles. The number of piperazine rings is 1. The lowest BCUT2D eigenvalue weighted by molar-refractivity contribution is 0.128. The average Bonchev–Trinajstić information content (AvgIpc) is 1.78. The summed E-state index contributed by atoms with van der Waals surface area (Å²) in [7, 11) is 0. The minimum absolute atomic E-state index is 0.427. The van der Waals surface area contributed by atoms with Crippen LogP contribution in [-0.2, 0) is 0 Å². The van der Waals surface area contributed by atoms with Gasteiger partial charge in [-0.3, -0.25) is 4.90 Å². The molecule has 0 aromatic rings. The molecule has 0 saturated carbocycles. The molecule has 1 saturated heterocycles. The molecule has 0 aromatic heterocycles. The van der Waals surface area contributed by atoms with E-state index in [0.717, 1.165) is 0 Å². The molecule has 0 amide bonds. The van der Waals surface area contributed by atoms with E-state index in [0.29, 0.717) is 17.5 Å². The van der Waals surface area contributed by atoms with Crippen LogP contribution in [0.5, 0.6) is 0 Å². The molecule has 0 aliphatic carbocycles. The molecular formula is C11H24N2. The Bertz CT molecular complexity index is 150. The number of rotatable bonds is 1. The summed E-state index contributed by atoms with van der Waals surface area (Å²) < 4.78 is 0. The van der Waals surface area contributed by atoms with Gasteiger partial charge in [-0.05, 0) is 19.3 Å². The normalized spacial score (nSPS) is 32.1. The zero-order valence-electron chi connectivity index (χ0n) is 9.72. The molecule has 2 atom stereocenters. The predicted molar refractivity (Wildman–Crippen MR) is 58.0 cm³/mol. The Kier molecular flexibility index (Phi) is 3.36. The second-order valence-corrected chi connectivity index (χ2v) is 5.72. The van der Waals surface area contributed by atoms with E-state index in [-0.39, 0.29) is 0 Å². The van der Waals surface area contributed by atoms with Gasteiger partial charge in [0, 0.05) is 31.7 Å². The Balaban J connectivity index is 2.42. The molecule has 1 rings (SSSR count). The molecule has 0 spiro atoms. The van der Waals surface area contributed by atoms with Crippen LogP contribution in [0, 0.1) is 5.41 Å². The highest BCUT2D eigenvalue weighted by Crippen LogP contribution is 2.17. The minimum atomic E-state index is 0.427. The van der Waals surface area contributed by atoms with Crippen LogP contribution in [0.25, 0.3) is 0 Å². The Morgan fingerprint density at radius 2 is 1.62 bits per heavy atom. The Labute approximate surface area is 82.7 Å². The average molecular weight is 184 g/mol. The lowest BCUT2D eigenvalue weighted by atomic mass is 9.95. The third-order valence-electron chi connectivity index (χ3n) is 2.33. The maximum absolute atomic E-state index is 3.55. The first-order valence-electron chi connectivity index (χ1n) is 5.35. The molecule has 1 aliphatic rings. The van der Waals surface area contributed by atoms with Gasteiger partial charge in [0.15, 0.2) is 0 Å². The first kappa shape index (κ1) is 11.0. The molecule has 78 valence electrons. The van der Waals surface area contributed by atoms with Gasteiger partial charge in [-0.15, -0.1) is 0 Å². The van der Waals surface area contributed by atoms with Crippen molar-refractivity contribution in [3.8, 4) is 0 Å². The van der Waals surface area contributed by atoms with Crippen LogP contribution < -0.4 is 5.32 Å².